The van der Waals surface area contributed by atoms with Gasteiger partial charge >= 0.3 is 0 Å². The molecule has 1 aromatic carbocycles. The van der Waals surface area contributed by atoms with Gasteiger partial charge in [-0.3, -0.25) is 9.48 Å². The average molecular weight is 340 g/mol. The molecular formula is C14H15BrFN3O. The van der Waals surface area contributed by atoms with Crippen LogP contribution in [0.4, 0.5) is 4.39 Å². The minimum absolute atomic E-state index is 0.244. The zero-order valence-corrected chi connectivity index (χ0v) is 12.4. The van der Waals surface area contributed by atoms with Gasteiger partial charge in [-0.15, -0.1) is 0 Å². The number of carbonyl (C=O) groups is 1. The third-order valence-corrected chi connectivity index (χ3v) is 3.20. The molecule has 1 amide bonds. The molecule has 2 aromatic rings. The monoisotopic (exact) mass is 339 g/mol. The lowest BCUT2D eigenvalue weighted by molar-refractivity contribution is 0.0952. The highest BCUT2D eigenvalue weighted by Crippen LogP contribution is 2.07. The van der Waals surface area contributed by atoms with Crippen LogP contribution in [0.3, 0.4) is 0 Å². The van der Waals surface area contributed by atoms with E-state index in [2.05, 4.69) is 26.3 Å². The second-order valence-corrected chi connectivity index (χ2v) is 5.31. The van der Waals surface area contributed by atoms with Crippen LogP contribution in [0.15, 0.2) is 41.1 Å². The van der Waals surface area contributed by atoms with Gasteiger partial charge in [0.15, 0.2) is 0 Å². The van der Waals surface area contributed by atoms with E-state index < -0.39 is 5.82 Å². The molecule has 0 radical (unpaired) electrons. The van der Waals surface area contributed by atoms with Crippen molar-refractivity contribution in [3.8, 4) is 0 Å². The van der Waals surface area contributed by atoms with E-state index in [9.17, 15) is 9.18 Å². The summed E-state index contributed by atoms with van der Waals surface area (Å²) in [5.74, 6) is -0.645. The molecule has 0 spiro atoms. The number of rotatable bonds is 6. The van der Waals surface area contributed by atoms with E-state index in [0.717, 1.165) is 23.9 Å². The van der Waals surface area contributed by atoms with Gasteiger partial charge in [-0.05, 0) is 47.0 Å². The SMILES string of the molecule is O=C(NCCCCn1cc(Br)cn1)c1cccc(F)c1. The molecule has 106 valence electrons. The van der Waals surface area contributed by atoms with E-state index >= 15 is 0 Å². The fourth-order valence-electron chi connectivity index (χ4n) is 1.79. The molecule has 20 heavy (non-hydrogen) atoms. The summed E-state index contributed by atoms with van der Waals surface area (Å²) in [6, 6.07) is 5.68. The molecule has 1 heterocycles. The molecule has 1 N–H and O–H groups in total. The zero-order chi connectivity index (χ0) is 14.4. The number of hydrogen-bond donors (Lipinski definition) is 1. The van der Waals surface area contributed by atoms with Gasteiger partial charge in [0, 0.05) is 24.8 Å². The lowest BCUT2D eigenvalue weighted by Crippen LogP contribution is -2.24. The Balaban J connectivity index is 1.67. The summed E-state index contributed by atoms with van der Waals surface area (Å²) in [7, 11) is 0. The van der Waals surface area contributed by atoms with Gasteiger partial charge in [0.1, 0.15) is 5.82 Å². The second-order valence-electron chi connectivity index (χ2n) is 4.39. The first kappa shape index (κ1) is 14.7. The lowest BCUT2D eigenvalue weighted by Gasteiger charge is -2.05. The Kier molecular flexibility index (Phi) is 5.29. The van der Waals surface area contributed by atoms with E-state index in [1.54, 1.807) is 12.3 Å². The fraction of sp³-hybridized carbons (Fsp3) is 0.286. The van der Waals surface area contributed by atoms with Gasteiger partial charge in [-0.2, -0.15) is 5.10 Å². The van der Waals surface area contributed by atoms with Crippen molar-refractivity contribution in [2.75, 3.05) is 6.54 Å². The van der Waals surface area contributed by atoms with Crippen LogP contribution in [0, 0.1) is 5.82 Å². The van der Waals surface area contributed by atoms with Crippen molar-refractivity contribution in [1.29, 1.82) is 0 Å². The first-order valence-electron chi connectivity index (χ1n) is 6.37. The minimum Gasteiger partial charge on any atom is -0.352 e. The van der Waals surface area contributed by atoms with Crippen molar-refractivity contribution < 1.29 is 9.18 Å². The van der Waals surface area contributed by atoms with Gasteiger partial charge in [0.25, 0.3) is 5.91 Å². The molecule has 0 aliphatic heterocycles. The predicted octanol–water partition coefficient (Wildman–Crippen LogP) is 2.99. The van der Waals surface area contributed by atoms with E-state index in [-0.39, 0.29) is 5.91 Å². The molecular weight excluding hydrogens is 325 g/mol. The number of carbonyl (C=O) groups excluding carboxylic acids is 1. The average Bonchev–Trinajstić information content (AvgIpc) is 2.84. The second kappa shape index (κ2) is 7.19. The quantitative estimate of drug-likeness (QED) is 0.822. The molecule has 0 bridgehead atoms. The number of nitrogens with zero attached hydrogens (tertiary/aromatic N) is 2. The highest BCUT2D eigenvalue weighted by Gasteiger charge is 2.05. The normalized spacial score (nSPS) is 10.5. The molecule has 1 aromatic heterocycles. The van der Waals surface area contributed by atoms with Gasteiger partial charge < -0.3 is 5.32 Å². The van der Waals surface area contributed by atoms with Crippen molar-refractivity contribution in [2.24, 2.45) is 0 Å². The van der Waals surface area contributed by atoms with E-state index in [1.165, 1.54) is 18.2 Å². The zero-order valence-electron chi connectivity index (χ0n) is 10.9. The number of aryl methyl sites for hydroxylation is 1. The largest absolute Gasteiger partial charge is 0.352 e. The summed E-state index contributed by atoms with van der Waals surface area (Å²) in [6.45, 7) is 1.37. The Morgan fingerprint density at radius 1 is 1.40 bits per heavy atom. The predicted molar refractivity (Wildman–Crippen MR) is 77.9 cm³/mol. The summed E-state index contributed by atoms with van der Waals surface area (Å²) in [6.07, 6.45) is 5.41. The third-order valence-electron chi connectivity index (χ3n) is 2.79. The number of aromatic nitrogens is 2. The maximum Gasteiger partial charge on any atom is 0.251 e. The van der Waals surface area contributed by atoms with Gasteiger partial charge in [-0.25, -0.2) is 4.39 Å². The summed E-state index contributed by atoms with van der Waals surface area (Å²) < 4.78 is 15.8. The highest BCUT2D eigenvalue weighted by atomic mass is 79.9. The Morgan fingerprint density at radius 2 is 2.25 bits per heavy atom. The van der Waals surface area contributed by atoms with Gasteiger partial charge in [0.2, 0.25) is 0 Å². The first-order valence-corrected chi connectivity index (χ1v) is 7.16. The lowest BCUT2D eigenvalue weighted by atomic mass is 10.2. The highest BCUT2D eigenvalue weighted by molar-refractivity contribution is 9.10. The summed E-state index contributed by atoms with van der Waals surface area (Å²) in [5, 5.41) is 6.92. The third kappa shape index (κ3) is 4.45. The molecule has 6 heteroatoms. The number of unbranched alkanes of at least 4 members (excludes halogenated alkanes) is 1. The smallest absolute Gasteiger partial charge is 0.251 e. The van der Waals surface area contributed by atoms with Crippen molar-refractivity contribution in [2.45, 2.75) is 19.4 Å². The maximum absolute atomic E-state index is 13.0. The van der Waals surface area contributed by atoms with Crippen LogP contribution in [0.5, 0.6) is 0 Å². The molecule has 2 rings (SSSR count). The Hall–Kier alpha value is -1.69. The summed E-state index contributed by atoms with van der Waals surface area (Å²) in [4.78, 5) is 11.7. The Morgan fingerprint density at radius 3 is 2.95 bits per heavy atom. The molecule has 0 aliphatic rings. The minimum atomic E-state index is -0.401. The van der Waals surface area contributed by atoms with Crippen molar-refractivity contribution in [3.63, 3.8) is 0 Å². The summed E-state index contributed by atoms with van der Waals surface area (Å²) >= 11 is 3.33. The molecule has 0 atom stereocenters. The topological polar surface area (TPSA) is 46.9 Å². The van der Waals surface area contributed by atoms with E-state index in [4.69, 9.17) is 0 Å². The molecule has 0 unspecified atom stereocenters. The molecule has 0 saturated heterocycles. The van der Waals surface area contributed by atoms with Crippen LogP contribution in [0.25, 0.3) is 0 Å². The van der Waals surface area contributed by atoms with Crippen molar-refractivity contribution in [3.05, 3.63) is 52.5 Å². The molecule has 0 fully saturated rings. The first-order chi connectivity index (χ1) is 9.65. The number of nitrogens with one attached hydrogen (secondary N) is 1. The van der Waals surface area contributed by atoms with Crippen LogP contribution < -0.4 is 5.32 Å². The molecule has 4 nitrogen and oxygen atoms in total. The standard InChI is InChI=1S/C14H15BrFN3O/c15-12-9-18-19(10-12)7-2-1-6-17-14(20)11-4-3-5-13(16)8-11/h3-5,8-10H,1-2,6-7H2,(H,17,20). The number of amides is 1. The number of benzene rings is 1. The van der Waals surface area contributed by atoms with Gasteiger partial charge in [0.05, 0.1) is 10.7 Å². The van der Waals surface area contributed by atoms with E-state index in [1.807, 2.05) is 10.9 Å². The summed E-state index contributed by atoms with van der Waals surface area (Å²) in [5.41, 5.74) is 0.348. The van der Waals surface area contributed by atoms with Crippen LogP contribution in [0.1, 0.15) is 23.2 Å². The fourth-order valence-corrected chi connectivity index (χ4v) is 2.12. The Bertz CT molecular complexity index is 585. The number of halogens is 2. The number of hydrogen-bond acceptors (Lipinski definition) is 2. The van der Waals surface area contributed by atoms with E-state index in [0.29, 0.717) is 12.1 Å². The van der Waals surface area contributed by atoms with Crippen LogP contribution >= 0.6 is 15.9 Å². The van der Waals surface area contributed by atoms with Crippen molar-refractivity contribution in [1.82, 2.24) is 15.1 Å². The van der Waals surface area contributed by atoms with Crippen molar-refractivity contribution >= 4 is 21.8 Å². The van der Waals surface area contributed by atoms with Gasteiger partial charge in [-0.1, -0.05) is 6.07 Å². The molecule has 0 saturated carbocycles. The van der Waals surface area contributed by atoms with Crippen LogP contribution in [-0.2, 0) is 6.54 Å². The maximum atomic E-state index is 13.0. The molecule has 0 aliphatic carbocycles. The van der Waals surface area contributed by atoms with Crippen LogP contribution in [0.2, 0.25) is 0 Å². The van der Waals surface area contributed by atoms with Crippen LogP contribution in [-0.4, -0.2) is 22.2 Å². The Labute approximate surface area is 125 Å².